The van der Waals surface area contributed by atoms with Crippen LogP contribution >= 0.6 is 23.2 Å². The molecule has 20 heavy (non-hydrogen) atoms. The first kappa shape index (κ1) is 17.0. The second kappa shape index (κ2) is 8.98. The molecule has 110 valence electrons. The smallest absolute Gasteiger partial charge is 0.240 e. The molecule has 0 saturated carbocycles. The minimum atomic E-state index is -0.0551. The molecule has 1 amide bonds. The van der Waals surface area contributed by atoms with E-state index >= 15 is 0 Å². The van der Waals surface area contributed by atoms with Gasteiger partial charge < -0.3 is 0 Å². The minimum Gasteiger partial charge on any atom is -0.273 e. The lowest BCUT2D eigenvalue weighted by Gasteiger charge is -2.04. The van der Waals surface area contributed by atoms with Crippen LogP contribution in [0, 0.1) is 0 Å². The number of nitrogens with zero attached hydrogens (tertiary/aromatic N) is 1. The predicted octanol–water partition coefficient (Wildman–Crippen LogP) is 4.80. The first-order chi connectivity index (χ1) is 9.54. The van der Waals surface area contributed by atoms with Crippen molar-refractivity contribution in [2.75, 3.05) is 0 Å². The number of halogens is 2. The molecule has 3 nitrogen and oxygen atoms in total. The third kappa shape index (κ3) is 5.93. The number of carbonyl (C=O) groups excluding carboxylic acids is 1. The predicted molar refractivity (Wildman–Crippen MR) is 85.6 cm³/mol. The summed E-state index contributed by atoms with van der Waals surface area (Å²) in [7, 11) is 0. The third-order valence-electron chi connectivity index (χ3n) is 2.94. The number of benzene rings is 1. The van der Waals surface area contributed by atoms with Gasteiger partial charge in [-0.2, -0.15) is 5.10 Å². The van der Waals surface area contributed by atoms with Crippen molar-refractivity contribution in [3.05, 3.63) is 33.8 Å². The number of carbonyl (C=O) groups is 1. The Balaban J connectivity index is 2.48. The summed E-state index contributed by atoms with van der Waals surface area (Å²) in [6.45, 7) is 3.96. The van der Waals surface area contributed by atoms with Crippen molar-refractivity contribution in [2.24, 2.45) is 5.10 Å². The van der Waals surface area contributed by atoms with Gasteiger partial charge in [-0.25, -0.2) is 5.43 Å². The lowest BCUT2D eigenvalue weighted by Crippen LogP contribution is -2.18. The summed E-state index contributed by atoms with van der Waals surface area (Å²) in [4.78, 5) is 11.6. The fourth-order valence-electron chi connectivity index (χ4n) is 1.70. The Kier molecular flexibility index (Phi) is 7.63. The number of amides is 1. The molecule has 0 aromatic heterocycles. The van der Waals surface area contributed by atoms with Crippen LogP contribution < -0.4 is 5.43 Å². The maximum Gasteiger partial charge on any atom is 0.240 e. The number of rotatable bonds is 7. The summed E-state index contributed by atoms with van der Waals surface area (Å²) in [5, 5.41) is 5.06. The second-order valence-electron chi connectivity index (χ2n) is 4.67. The van der Waals surface area contributed by atoms with Crippen LogP contribution in [-0.2, 0) is 4.79 Å². The Labute approximate surface area is 130 Å². The Morgan fingerprint density at radius 3 is 2.60 bits per heavy atom. The standard InChI is InChI=1S/C15H20Cl2N2O/c1-3-4-5-6-7-15(20)19-18-11(2)12-8-9-13(16)14(17)10-12/h8-10H,3-7H2,1-2H3,(H,19,20)/b18-11+. The van der Waals surface area contributed by atoms with E-state index < -0.39 is 0 Å². The highest BCUT2D eigenvalue weighted by molar-refractivity contribution is 6.42. The lowest BCUT2D eigenvalue weighted by molar-refractivity contribution is -0.121. The molecule has 0 aliphatic rings. The zero-order chi connectivity index (χ0) is 15.0. The molecular weight excluding hydrogens is 295 g/mol. The molecule has 0 saturated heterocycles. The van der Waals surface area contributed by atoms with Gasteiger partial charge in [-0.15, -0.1) is 0 Å². The SMILES string of the molecule is CCCCCCC(=O)N/N=C(\C)c1ccc(Cl)c(Cl)c1. The Morgan fingerprint density at radius 1 is 1.20 bits per heavy atom. The molecule has 0 atom stereocenters. The molecular formula is C15H20Cl2N2O. The maximum absolute atomic E-state index is 11.6. The van der Waals surface area contributed by atoms with Gasteiger partial charge in [0.05, 0.1) is 15.8 Å². The average molecular weight is 315 g/mol. The monoisotopic (exact) mass is 314 g/mol. The van der Waals surface area contributed by atoms with Crippen molar-refractivity contribution in [1.82, 2.24) is 5.43 Å². The maximum atomic E-state index is 11.6. The zero-order valence-electron chi connectivity index (χ0n) is 11.9. The molecule has 0 unspecified atom stereocenters. The Hall–Kier alpha value is -1.06. The molecule has 0 radical (unpaired) electrons. The molecule has 0 fully saturated rings. The summed E-state index contributed by atoms with van der Waals surface area (Å²) < 4.78 is 0. The molecule has 1 aromatic carbocycles. The quantitative estimate of drug-likeness (QED) is 0.438. The van der Waals surface area contributed by atoms with Gasteiger partial charge in [0.25, 0.3) is 0 Å². The van der Waals surface area contributed by atoms with E-state index in [4.69, 9.17) is 23.2 Å². The van der Waals surface area contributed by atoms with Crippen LogP contribution in [0.25, 0.3) is 0 Å². The number of hydrogen-bond acceptors (Lipinski definition) is 2. The van der Waals surface area contributed by atoms with Gasteiger partial charge >= 0.3 is 0 Å². The van der Waals surface area contributed by atoms with Crippen LogP contribution in [0.5, 0.6) is 0 Å². The van der Waals surface area contributed by atoms with Crippen molar-refractivity contribution < 1.29 is 4.79 Å². The van der Waals surface area contributed by atoms with Gasteiger partial charge in [-0.3, -0.25) is 4.79 Å². The van der Waals surface area contributed by atoms with E-state index in [2.05, 4.69) is 17.5 Å². The second-order valence-corrected chi connectivity index (χ2v) is 5.49. The summed E-state index contributed by atoms with van der Waals surface area (Å²) in [5.74, 6) is -0.0551. The van der Waals surface area contributed by atoms with Crippen LogP contribution in [0.3, 0.4) is 0 Å². The molecule has 0 aliphatic heterocycles. The molecule has 1 N–H and O–H groups in total. The van der Waals surface area contributed by atoms with Gasteiger partial charge in [0.2, 0.25) is 5.91 Å². The summed E-state index contributed by atoms with van der Waals surface area (Å²) in [6, 6.07) is 5.27. The largest absolute Gasteiger partial charge is 0.273 e. The highest BCUT2D eigenvalue weighted by Gasteiger charge is 2.04. The topological polar surface area (TPSA) is 41.5 Å². The Morgan fingerprint density at radius 2 is 1.95 bits per heavy atom. The van der Waals surface area contributed by atoms with E-state index in [0.717, 1.165) is 24.8 Å². The number of nitrogens with one attached hydrogen (secondary N) is 1. The van der Waals surface area contributed by atoms with E-state index in [-0.39, 0.29) is 5.91 Å². The fraction of sp³-hybridized carbons (Fsp3) is 0.467. The summed E-state index contributed by atoms with van der Waals surface area (Å²) in [6.07, 6.45) is 4.83. The number of hydrazone groups is 1. The minimum absolute atomic E-state index is 0.0551. The molecule has 0 spiro atoms. The van der Waals surface area contributed by atoms with E-state index in [9.17, 15) is 4.79 Å². The van der Waals surface area contributed by atoms with Gasteiger partial charge in [0.1, 0.15) is 0 Å². The van der Waals surface area contributed by atoms with Gasteiger partial charge in [-0.1, -0.05) is 55.5 Å². The van der Waals surface area contributed by atoms with E-state index in [1.54, 1.807) is 12.1 Å². The van der Waals surface area contributed by atoms with Gasteiger partial charge in [-0.05, 0) is 31.0 Å². The van der Waals surface area contributed by atoms with E-state index in [0.29, 0.717) is 22.2 Å². The first-order valence-electron chi connectivity index (χ1n) is 6.83. The van der Waals surface area contributed by atoms with Crippen molar-refractivity contribution in [3.63, 3.8) is 0 Å². The number of unbranched alkanes of at least 4 members (excludes halogenated alkanes) is 3. The van der Waals surface area contributed by atoms with Crippen LogP contribution in [0.2, 0.25) is 10.0 Å². The highest BCUT2D eigenvalue weighted by Crippen LogP contribution is 2.22. The van der Waals surface area contributed by atoms with E-state index in [1.165, 1.54) is 6.42 Å². The third-order valence-corrected chi connectivity index (χ3v) is 3.68. The summed E-state index contributed by atoms with van der Waals surface area (Å²) in [5.41, 5.74) is 4.10. The molecule has 5 heteroatoms. The van der Waals surface area contributed by atoms with Crippen LogP contribution in [0.4, 0.5) is 0 Å². The highest BCUT2D eigenvalue weighted by atomic mass is 35.5. The van der Waals surface area contributed by atoms with Crippen molar-refractivity contribution in [1.29, 1.82) is 0 Å². The van der Waals surface area contributed by atoms with Crippen LogP contribution in [-0.4, -0.2) is 11.6 Å². The normalized spacial score (nSPS) is 11.5. The van der Waals surface area contributed by atoms with Crippen molar-refractivity contribution in [2.45, 2.75) is 46.0 Å². The zero-order valence-corrected chi connectivity index (χ0v) is 13.4. The molecule has 1 aromatic rings. The van der Waals surface area contributed by atoms with Crippen LogP contribution in [0.1, 0.15) is 51.5 Å². The molecule has 0 bridgehead atoms. The lowest BCUT2D eigenvalue weighted by atomic mass is 10.1. The molecule has 0 heterocycles. The van der Waals surface area contributed by atoms with E-state index in [1.807, 2.05) is 13.0 Å². The average Bonchev–Trinajstić information content (AvgIpc) is 2.44. The molecule has 0 aliphatic carbocycles. The van der Waals surface area contributed by atoms with Crippen molar-refractivity contribution >= 4 is 34.8 Å². The van der Waals surface area contributed by atoms with Crippen LogP contribution in [0.15, 0.2) is 23.3 Å². The summed E-state index contributed by atoms with van der Waals surface area (Å²) >= 11 is 11.8. The van der Waals surface area contributed by atoms with Gasteiger partial charge in [0, 0.05) is 6.42 Å². The first-order valence-corrected chi connectivity index (χ1v) is 7.58. The van der Waals surface area contributed by atoms with Gasteiger partial charge in [0.15, 0.2) is 0 Å². The number of hydrogen-bond donors (Lipinski definition) is 1. The fourth-order valence-corrected chi connectivity index (χ4v) is 2.00. The molecule has 1 rings (SSSR count). The van der Waals surface area contributed by atoms with Crippen molar-refractivity contribution in [3.8, 4) is 0 Å². The Bertz CT molecular complexity index is 487.